The summed E-state index contributed by atoms with van der Waals surface area (Å²) in [5.41, 5.74) is 1.38. The van der Waals surface area contributed by atoms with Gasteiger partial charge in [0.15, 0.2) is 5.54 Å². The van der Waals surface area contributed by atoms with Crippen molar-refractivity contribution in [2.24, 2.45) is 0 Å². The van der Waals surface area contributed by atoms with E-state index in [-0.39, 0.29) is 25.2 Å². The number of ether oxygens (including phenoxy) is 1. The minimum atomic E-state index is -0.792. The second-order valence-electron chi connectivity index (χ2n) is 5.07. The van der Waals surface area contributed by atoms with Crippen LogP contribution in [0.2, 0.25) is 0 Å². The molecule has 0 bridgehead atoms. The lowest BCUT2D eigenvalue weighted by Gasteiger charge is -2.34. The lowest BCUT2D eigenvalue weighted by Crippen LogP contribution is -2.62. The number of hydrogen-bond acceptors (Lipinski definition) is 3. The van der Waals surface area contributed by atoms with E-state index >= 15 is 0 Å². The van der Waals surface area contributed by atoms with Crippen molar-refractivity contribution >= 4 is 11.9 Å². The van der Waals surface area contributed by atoms with Crippen molar-refractivity contribution in [1.82, 2.24) is 10.2 Å². The molecule has 2 heterocycles. The predicted molar refractivity (Wildman–Crippen MR) is 68.5 cm³/mol. The number of nitrogens with zero attached hydrogens (tertiary/aromatic N) is 1. The predicted octanol–water partition coefficient (Wildman–Crippen LogP) is 1.07. The maximum Gasteiger partial charge on any atom is 0.325 e. The van der Waals surface area contributed by atoms with Crippen molar-refractivity contribution in [3.63, 3.8) is 0 Å². The molecule has 2 aliphatic rings. The van der Waals surface area contributed by atoms with Crippen LogP contribution in [0.3, 0.4) is 0 Å². The number of aryl methyl sites for hydroxylation is 1. The maximum absolute atomic E-state index is 12.2. The van der Waals surface area contributed by atoms with Crippen molar-refractivity contribution < 1.29 is 14.3 Å². The number of imide groups is 1. The molecule has 1 aromatic carbocycles. The molecule has 5 nitrogen and oxygen atoms in total. The van der Waals surface area contributed by atoms with E-state index in [1.165, 1.54) is 10.5 Å². The smallest absolute Gasteiger partial charge is 0.325 e. The largest absolute Gasteiger partial charge is 0.375 e. The van der Waals surface area contributed by atoms with E-state index in [0.29, 0.717) is 6.54 Å². The van der Waals surface area contributed by atoms with Gasteiger partial charge >= 0.3 is 6.03 Å². The molecule has 0 atom stereocenters. The zero-order valence-corrected chi connectivity index (χ0v) is 10.8. The summed E-state index contributed by atoms with van der Waals surface area (Å²) in [7, 11) is 0. The van der Waals surface area contributed by atoms with E-state index in [1.54, 1.807) is 0 Å². The number of benzene rings is 1. The van der Waals surface area contributed by atoms with Gasteiger partial charge in [0.2, 0.25) is 0 Å². The molecular weight excluding hydrogens is 244 g/mol. The van der Waals surface area contributed by atoms with Crippen LogP contribution in [0.15, 0.2) is 24.3 Å². The Labute approximate surface area is 111 Å². The maximum atomic E-state index is 12.2. The first-order valence-electron chi connectivity index (χ1n) is 6.44. The molecule has 0 aliphatic carbocycles. The molecular formula is C14H16N2O3. The average molecular weight is 260 g/mol. The monoisotopic (exact) mass is 260 g/mol. The van der Waals surface area contributed by atoms with Crippen LogP contribution in [0.1, 0.15) is 18.1 Å². The number of amides is 3. The van der Waals surface area contributed by atoms with E-state index in [0.717, 1.165) is 12.0 Å². The summed E-state index contributed by atoms with van der Waals surface area (Å²) in [5, 5.41) is 2.73. The molecule has 0 radical (unpaired) electrons. The van der Waals surface area contributed by atoms with Crippen molar-refractivity contribution in [3.8, 4) is 0 Å². The first-order chi connectivity index (χ1) is 9.14. The lowest BCUT2D eigenvalue weighted by molar-refractivity contribution is -0.148. The Balaban J connectivity index is 1.79. The zero-order chi connectivity index (χ0) is 13.5. The normalized spacial score (nSPS) is 20.6. The van der Waals surface area contributed by atoms with Crippen LogP contribution < -0.4 is 5.32 Å². The first-order valence-corrected chi connectivity index (χ1v) is 6.44. The zero-order valence-electron chi connectivity index (χ0n) is 10.8. The van der Waals surface area contributed by atoms with Gasteiger partial charge in [-0.3, -0.25) is 9.69 Å². The molecule has 3 amide bonds. The quantitative estimate of drug-likeness (QED) is 0.827. The number of hydrogen-bond donors (Lipinski definition) is 1. The van der Waals surface area contributed by atoms with Crippen LogP contribution in [-0.4, -0.2) is 35.6 Å². The summed E-state index contributed by atoms with van der Waals surface area (Å²) in [6.45, 7) is 2.96. The molecule has 2 saturated heterocycles. The van der Waals surface area contributed by atoms with Gasteiger partial charge < -0.3 is 10.1 Å². The van der Waals surface area contributed by atoms with Gasteiger partial charge in [-0.25, -0.2) is 4.79 Å². The minimum Gasteiger partial charge on any atom is -0.375 e. The van der Waals surface area contributed by atoms with Gasteiger partial charge in [0.1, 0.15) is 0 Å². The van der Waals surface area contributed by atoms with Crippen LogP contribution >= 0.6 is 0 Å². The molecule has 5 heteroatoms. The fourth-order valence-corrected chi connectivity index (χ4v) is 2.45. The summed E-state index contributed by atoms with van der Waals surface area (Å²) in [5.74, 6) is -0.175. The van der Waals surface area contributed by atoms with Crippen LogP contribution in [0.4, 0.5) is 4.79 Å². The van der Waals surface area contributed by atoms with E-state index in [9.17, 15) is 9.59 Å². The Morgan fingerprint density at radius 3 is 2.63 bits per heavy atom. The Morgan fingerprint density at radius 1 is 1.32 bits per heavy atom. The number of carbonyl (C=O) groups is 2. The lowest BCUT2D eigenvalue weighted by atomic mass is 9.98. The molecule has 2 fully saturated rings. The second kappa shape index (κ2) is 4.35. The highest BCUT2D eigenvalue weighted by molar-refractivity contribution is 6.07. The van der Waals surface area contributed by atoms with Gasteiger partial charge in [-0.1, -0.05) is 31.2 Å². The topological polar surface area (TPSA) is 58.6 Å². The van der Waals surface area contributed by atoms with E-state index < -0.39 is 5.54 Å². The van der Waals surface area contributed by atoms with Crippen LogP contribution in [0.25, 0.3) is 0 Å². The molecule has 100 valence electrons. The van der Waals surface area contributed by atoms with Crippen molar-refractivity contribution in [3.05, 3.63) is 35.4 Å². The summed E-state index contributed by atoms with van der Waals surface area (Å²) >= 11 is 0. The fourth-order valence-electron chi connectivity index (χ4n) is 2.45. The summed E-state index contributed by atoms with van der Waals surface area (Å²) < 4.78 is 5.05. The van der Waals surface area contributed by atoms with Crippen LogP contribution in [0, 0.1) is 0 Å². The molecule has 0 aromatic heterocycles. The number of nitrogens with one attached hydrogen (secondary N) is 1. The molecule has 19 heavy (non-hydrogen) atoms. The molecule has 1 spiro atoms. The van der Waals surface area contributed by atoms with E-state index in [4.69, 9.17) is 4.74 Å². The average Bonchev–Trinajstić information content (AvgIpc) is 2.63. The minimum absolute atomic E-state index is 0.175. The van der Waals surface area contributed by atoms with Crippen molar-refractivity contribution in [2.45, 2.75) is 25.4 Å². The fraction of sp³-hybridized carbons (Fsp3) is 0.429. The third-order valence-electron chi connectivity index (χ3n) is 3.68. The van der Waals surface area contributed by atoms with Crippen LogP contribution in [0.5, 0.6) is 0 Å². The first kappa shape index (κ1) is 12.2. The van der Waals surface area contributed by atoms with Crippen molar-refractivity contribution in [1.29, 1.82) is 0 Å². The Morgan fingerprint density at radius 2 is 2.05 bits per heavy atom. The third-order valence-corrected chi connectivity index (χ3v) is 3.68. The summed E-state index contributed by atoms with van der Waals surface area (Å²) in [6.07, 6.45) is 0.936. The molecule has 2 aliphatic heterocycles. The summed E-state index contributed by atoms with van der Waals surface area (Å²) in [6, 6.07) is 7.63. The second-order valence-corrected chi connectivity index (χ2v) is 5.07. The highest BCUT2D eigenvalue weighted by atomic mass is 16.5. The molecule has 1 N–H and O–H groups in total. The highest BCUT2D eigenvalue weighted by Crippen LogP contribution is 2.27. The SMILES string of the molecule is CCc1cccc(CN2C(=O)NC3(COC3)C2=O)c1. The number of urea groups is 1. The van der Waals surface area contributed by atoms with Gasteiger partial charge in [0.25, 0.3) is 5.91 Å². The van der Waals surface area contributed by atoms with E-state index in [1.807, 2.05) is 24.3 Å². The van der Waals surface area contributed by atoms with Crippen LogP contribution in [-0.2, 0) is 22.5 Å². The van der Waals surface area contributed by atoms with Gasteiger partial charge in [-0.2, -0.15) is 0 Å². The van der Waals surface area contributed by atoms with Gasteiger partial charge in [-0.15, -0.1) is 0 Å². The summed E-state index contributed by atoms with van der Waals surface area (Å²) in [4.78, 5) is 25.4. The highest BCUT2D eigenvalue weighted by Gasteiger charge is 2.56. The molecule has 1 aromatic rings. The van der Waals surface area contributed by atoms with Gasteiger partial charge in [0, 0.05) is 0 Å². The Bertz CT molecular complexity index is 537. The third kappa shape index (κ3) is 1.90. The van der Waals surface area contributed by atoms with Gasteiger partial charge in [-0.05, 0) is 17.5 Å². The molecule has 3 rings (SSSR count). The van der Waals surface area contributed by atoms with Crippen molar-refractivity contribution in [2.75, 3.05) is 13.2 Å². The number of rotatable bonds is 3. The molecule has 0 unspecified atom stereocenters. The Kier molecular flexibility index (Phi) is 2.78. The standard InChI is InChI=1S/C14H16N2O3/c1-2-10-4-3-5-11(6-10)7-16-12(17)14(8-19-9-14)15-13(16)18/h3-6H,2,7-9H2,1H3,(H,15,18). The Hall–Kier alpha value is -1.88. The number of carbonyl (C=O) groups excluding carboxylic acids is 2. The molecule has 0 saturated carbocycles. The van der Waals surface area contributed by atoms with E-state index in [2.05, 4.69) is 12.2 Å². The van der Waals surface area contributed by atoms with Gasteiger partial charge in [0.05, 0.1) is 19.8 Å².